The van der Waals surface area contributed by atoms with Gasteiger partial charge in [-0.1, -0.05) is 38.8 Å². The van der Waals surface area contributed by atoms with Gasteiger partial charge in [0.05, 0.1) is 12.2 Å². The van der Waals surface area contributed by atoms with Crippen molar-refractivity contribution in [2.24, 2.45) is 5.92 Å². The standard InChI is InChI=1S/C30H39FO5/c1-3-5-6-28(31)30(33)36-27-17-11-23(12-18-27)8-7-22-9-15-26(16-10-22)35-29(32)24-13-19-25(20-14-24)34-21-4-2/h9-10,13-16,19-20,23,27-28H,3-8,11-12,17-18,21H2,1-2H3/t23?,27?,28-/m0/s1. The Morgan fingerprint density at radius 3 is 2.22 bits per heavy atom. The Kier molecular flexibility index (Phi) is 11.2. The molecule has 0 heterocycles. The minimum absolute atomic E-state index is 0.150. The third-order valence-corrected chi connectivity index (χ3v) is 6.68. The lowest BCUT2D eigenvalue weighted by Crippen LogP contribution is -2.29. The predicted octanol–water partition coefficient (Wildman–Crippen LogP) is 7.26. The molecule has 0 unspecified atom stereocenters. The van der Waals surface area contributed by atoms with Gasteiger partial charge in [0.25, 0.3) is 0 Å². The molecule has 1 atom stereocenters. The lowest BCUT2D eigenvalue weighted by atomic mass is 9.83. The fourth-order valence-electron chi connectivity index (χ4n) is 4.45. The number of esters is 2. The number of ether oxygens (including phenoxy) is 3. The van der Waals surface area contributed by atoms with Crippen LogP contribution in [0.5, 0.6) is 11.5 Å². The van der Waals surface area contributed by atoms with E-state index in [2.05, 4.69) is 0 Å². The average molecular weight is 499 g/mol. The molecular weight excluding hydrogens is 459 g/mol. The van der Waals surface area contributed by atoms with E-state index in [1.165, 1.54) is 5.56 Å². The van der Waals surface area contributed by atoms with E-state index >= 15 is 0 Å². The number of hydrogen-bond donors (Lipinski definition) is 0. The van der Waals surface area contributed by atoms with Crippen LogP contribution in [0.2, 0.25) is 0 Å². The highest BCUT2D eigenvalue weighted by Gasteiger charge is 2.27. The molecule has 0 N–H and O–H groups in total. The molecule has 5 nitrogen and oxygen atoms in total. The van der Waals surface area contributed by atoms with Crippen LogP contribution in [0.4, 0.5) is 4.39 Å². The number of unbranched alkanes of at least 4 members (excludes halogenated alkanes) is 1. The minimum atomic E-state index is -1.49. The van der Waals surface area contributed by atoms with Crippen LogP contribution < -0.4 is 9.47 Å². The van der Waals surface area contributed by atoms with E-state index in [4.69, 9.17) is 14.2 Å². The van der Waals surface area contributed by atoms with Crippen molar-refractivity contribution in [3.05, 3.63) is 59.7 Å². The van der Waals surface area contributed by atoms with Crippen molar-refractivity contribution in [2.45, 2.75) is 90.3 Å². The summed E-state index contributed by atoms with van der Waals surface area (Å²) in [5.74, 6) is 0.742. The molecule has 0 saturated heterocycles. The number of carbonyl (C=O) groups excluding carboxylic acids is 2. The Balaban J connectivity index is 1.37. The van der Waals surface area contributed by atoms with Crippen LogP contribution in [-0.2, 0) is 16.0 Å². The lowest BCUT2D eigenvalue weighted by molar-refractivity contribution is -0.157. The van der Waals surface area contributed by atoms with Crippen molar-refractivity contribution in [3.63, 3.8) is 0 Å². The number of carbonyl (C=O) groups is 2. The minimum Gasteiger partial charge on any atom is -0.494 e. The van der Waals surface area contributed by atoms with E-state index in [0.29, 0.717) is 30.3 Å². The number of hydrogen-bond acceptors (Lipinski definition) is 5. The first-order chi connectivity index (χ1) is 17.5. The molecule has 1 aliphatic carbocycles. The summed E-state index contributed by atoms with van der Waals surface area (Å²) in [7, 11) is 0. The van der Waals surface area contributed by atoms with Crippen molar-refractivity contribution in [3.8, 4) is 11.5 Å². The van der Waals surface area contributed by atoms with Gasteiger partial charge in [-0.3, -0.25) is 0 Å². The van der Waals surface area contributed by atoms with Gasteiger partial charge in [0, 0.05) is 0 Å². The maximum atomic E-state index is 13.9. The van der Waals surface area contributed by atoms with Crippen LogP contribution in [0.15, 0.2) is 48.5 Å². The van der Waals surface area contributed by atoms with E-state index in [1.807, 2.05) is 38.1 Å². The van der Waals surface area contributed by atoms with Crippen LogP contribution in [0.3, 0.4) is 0 Å². The number of halogens is 1. The quantitative estimate of drug-likeness (QED) is 0.215. The van der Waals surface area contributed by atoms with Crippen molar-refractivity contribution in [1.82, 2.24) is 0 Å². The van der Waals surface area contributed by atoms with E-state index in [-0.39, 0.29) is 12.5 Å². The molecule has 0 aliphatic heterocycles. The average Bonchev–Trinajstić information content (AvgIpc) is 2.91. The molecule has 2 aromatic carbocycles. The number of aryl methyl sites for hydroxylation is 1. The van der Waals surface area contributed by atoms with Crippen LogP contribution in [0.1, 0.15) is 87.6 Å². The molecule has 0 spiro atoms. The molecule has 1 saturated carbocycles. The molecule has 36 heavy (non-hydrogen) atoms. The summed E-state index contributed by atoms with van der Waals surface area (Å²) in [6, 6.07) is 14.6. The molecular formula is C30H39FO5. The molecule has 6 heteroatoms. The number of alkyl halides is 1. The summed E-state index contributed by atoms with van der Waals surface area (Å²) in [5, 5.41) is 0. The van der Waals surface area contributed by atoms with Crippen molar-refractivity contribution < 1.29 is 28.2 Å². The van der Waals surface area contributed by atoms with E-state index in [1.54, 1.807) is 24.3 Å². The van der Waals surface area contributed by atoms with Gasteiger partial charge < -0.3 is 14.2 Å². The lowest BCUT2D eigenvalue weighted by Gasteiger charge is -2.28. The van der Waals surface area contributed by atoms with Gasteiger partial charge in [0.2, 0.25) is 0 Å². The Labute approximate surface area is 214 Å². The van der Waals surface area contributed by atoms with Gasteiger partial charge >= 0.3 is 11.9 Å². The fourth-order valence-corrected chi connectivity index (χ4v) is 4.45. The highest BCUT2D eigenvalue weighted by molar-refractivity contribution is 5.91. The van der Waals surface area contributed by atoms with Crippen molar-refractivity contribution in [1.29, 1.82) is 0 Å². The van der Waals surface area contributed by atoms with Crippen LogP contribution in [0, 0.1) is 5.92 Å². The Bertz CT molecular complexity index is 933. The summed E-state index contributed by atoms with van der Waals surface area (Å²) >= 11 is 0. The molecule has 0 bridgehead atoms. The van der Waals surface area contributed by atoms with Gasteiger partial charge in [0.15, 0.2) is 6.17 Å². The van der Waals surface area contributed by atoms with E-state index in [0.717, 1.165) is 57.1 Å². The number of rotatable bonds is 13. The third kappa shape index (κ3) is 8.96. The topological polar surface area (TPSA) is 61.8 Å². The molecule has 2 aromatic rings. The van der Waals surface area contributed by atoms with Crippen LogP contribution >= 0.6 is 0 Å². The highest BCUT2D eigenvalue weighted by Crippen LogP contribution is 2.30. The molecule has 0 amide bonds. The second-order valence-electron chi connectivity index (χ2n) is 9.63. The van der Waals surface area contributed by atoms with E-state index in [9.17, 15) is 14.0 Å². The Hall–Kier alpha value is -2.89. The van der Waals surface area contributed by atoms with Gasteiger partial charge in [-0.05, 0) is 99.2 Å². The highest BCUT2D eigenvalue weighted by atomic mass is 19.1. The molecule has 0 aromatic heterocycles. The monoisotopic (exact) mass is 498 g/mol. The normalized spacial score (nSPS) is 18.3. The first-order valence-corrected chi connectivity index (χ1v) is 13.4. The summed E-state index contributed by atoms with van der Waals surface area (Å²) < 4.78 is 30.3. The third-order valence-electron chi connectivity index (χ3n) is 6.68. The number of benzene rings is 2. The van der Waals surface area contributed by atoms with Gasteiger partial charge in [-0.2, -0.15) is 0 Å². The summed E-state index contributed by atoms with van der Waals surface area (Å²) in [6.45, 7) is 4.67. The molecule has 0 radical (unpaired) electrons. The maximum Gasteiger partial charge on any atom is 0.343 e. The summed E-state index contributed by atoms with van der Waals surface area (Å²) in [4.78, 5) is 24.3. The predicted molar refractivity (Wildman–Crippen MR) is 138 cm³/mol. The smallest absolute Gasteiger partial charge is 0.343 e. The SMILES string of the molecule is CCCC[C@H](F)C(=O)OC1CCC(CCc2ccc(OC(=O)c3ccc(OCCC)cc3)cc2)CC1. The second-order valence-corrected chi connectivity index (χ2v) is 9.63. The maximum absolute atomic E-state index is 13.9. The second kappa shape index (κ2) is 14.6. The Morgan fingerprint density at radius 1 is 0.917 bits per heavy atom. The van der Waals surface area contributed by atoms with E-state index < -0.39 is 18.1 Å². The first-order valence-electron chi connectivity index (χ1n) is 13.4. The molecule has 1 aliphatic rings. The summed E-state index contributed by atoms with van der Waals surface area (Å²) in [5.41, 5.74) is 1.67. The zero-order valence-corrected chi connectivity index (χ0v) is 21.5. The van der Waals surface area contributed by atoms with Crippen molar-refractivity contribution >= 4 is 11.9 Å². The zero-order valence-electron chi connectivity index (χ0n) is 21.5. The van der Waals surface area contributed by atoms with Gasteiger partial charge in [0.1, 0.15) is 17.6 Å². The molecule has 196 valence electrons. The zero-order chi connectivity index (χ0) is 25.8. The fraction of sp³-hybridized carbons (Fsp3) is 0.533. The van der Waals surface area contributed by atoms with Crippen LogP contribution in [-0.4, -0.2) is 30.8 Å². The Morgan fingerprint density at radius 2 is 1.58 bits per heavy atom. The summed E-state index contributed by atoms with van der Waals surface area (Å²) in [6.07, 6.45) is 6.69. The van der Waals surface area contributed by atoms with Gasteiger partial charge in [-0.15, -0.1) is 0 Å². The largest absolute Gasteiger partial charge is 0.494 e. The molecule has 1 fully saturated rings. The van der Waals surface area contributed by atoms with Crippen LogP contribution in [0.25, 0.3) is 0 Å². The van der Waals surface area contributed by atoms with Crippen molar-refractivity contribution in [2.75, 3.05) is 6.61 Å². The van der Waals surface area contributed by atoms with Gasteiger partial charge in [-0.25, -0.2) is 14.0 Å². The first kappa shape index (κ1) is 27.7. The molecule has 3 rings (SSSR count).